The monoisotopic (exact) mass is 464 g/mol. The first kappa shape index (κ1) is 21.0. The van der Waals surface area contributed by atoms with Crippen LogP contribution in [-0.4, -0.2) is 61.8 Å². The second-order valence-electron chi connectivity index (χ2n) is 8.28. The number of nitrogens with one attached hydrogen (secondary N) is 1. The minimum absolute atomic E-state index is 0.0367. The van der Waals surface area contributed by atoms with E-state index in [1.54, 1.807) is 18.6 Å². The number of morpholine rings is 1. The van der Waals surface area contributed by atoms with E-state index in [4.69, 9.17) is 4.74 Å². The number of nitrogens with zero attached hydrogens (tertiary/aromatic N) is 6. The molecule has 5 aromatic rings. The van der Waals surface area contributed by atoms with Crippen LogP contribution in [0, 0.1) is 11.8 Å². The van der Waals surface area contributed by atoms with Crippen molar-refractivity contribution in [3.63, 3.8) is 0 Å². The van der Waals surface area contributed by atoms with Crippen molar-refractivity contribution in [1.29, 1.82) is 0 Å². The van der Waals surface area contributed by atoms with Crippen LogP contribution < -0.4 is 4.68 Å². The molecule has 1 N–H and O–H groups in total. The summed E-state index contributed by atoms with van der Waals surface area (Å²) in [6.45, 7) is 2.43. The minimum Gasteiger partial charge on any atom is -0.378 e. The van der Waals surface area contributed by atoms with Crippen LogP contribution in [0.3, 0.4) is 0 Å². The SMILES string of the molecule is C[n+]1c(-c2ccc(C(=O)N3CCOCC3)cc2)ccc2ncc(C#Cc3ccnc4[nH]ncc34)n21. The summed E-state index contributed by atoms with van der Waals surface area (Å²) in [5, 5.41) is 7.80. The molecule has 1 aromatic carbocycles. The molecule has 9 nitrogen and oxygen atoms in total. The third kappa shape index (κ3) is 3.80. The van der Waals surface area contributed by atoms with Gasteiger partial charge in [0.1, 0.15) is 0 Å². The summed E-state index contributed by atoms with van der Waals surface area (Å²) < 4.78 is 9.35. The molecule has 35 heavy (non-hydrogen) atoms. The number of ether oxygens (including phenoxy) is 1. The Hall–Kier alpha value is -4.55. The first-order chi connectivity index (χ1) is 17.2. The summed E-state index contributed by atoms with van der Waals surface area (Å²) in [6, 6.07) is 13.6. The van der Waals surface area contributed by atoms with E-state index in [-0.39, 0.29) is 5.91 Å². The molecule has 9 heteroatoms. The first-order valence-electron chi connectivity index (χ1n) is 11.3. The van der Waals surface area contributed by atoms with Gasteiger partial charge in [0.2, 0.25) is 5.69 Å². The molecule has 4 aromatic heterocycles. The Kier molecular flexibility index (Phi) is 5.20. The lowest BCUT2D eigenvalue weighted by Gasteiger charge is -2.26. The van der Waals surface area contributed by atoms with Gasteiger partial charge in [-0.1, -0.05) is 10.4 Å². The highest BCUT2D eigenvalue weighted by Crippen LogP contribution is 2.19. The number of aryl methyl sites for hydroxylation is 1. The average Bonchev–Trinajstić information content (AvgIpc) is 3.56. The number of hydrogen-bond acceptors (Lipinski definition) is 5. The lowest BCUT2D eigenvalue weighted by atomic mass is 10.1. The average molecular weight is 465 g/mol. The number of amides is 1. The molecule has 1 aliphatic heterocycles. The molecule has 0 bridgehead atoms. The topological polar surface area (TPSA) is 92.3 Å². The maximum Gasteiger partial charge on any atom is 0.254 e. The van der Waals surface area contributed by atoms with E-state index in [1.165, 1.54) is 0 Å². The third-order valence-corrected chi connectivity index (χ3v) is 6.21. The number of imidazole rings is 1. The number of H-pyrrole nitrogens is 1. The van der Waals surface area contributed by atoms with Gasteiger partial charge in [-0.05, 0) is 42.3 Å². The molecule has 1 saturated heterocycles. The van der Waals surface area contributed by atoms with E-state index < -0.39 is 0 Å². The van der Waals surface area contributed by atoms with E-state index >= 15 is 0 Å². The molecule has 0 unspecified atom stereocenters. The maximum atomic E-state index is 12.8. The van der Waals surface area contributed by atoms with Gasteiger partial charge in [0.25, 0.3) is 5.91 Å². The van der Waals surface area contributed by atoms with Gasteiger partial charge in [-0.3, -0.25) is 9.89 Å². The van der Waals surface area contributed by atoms with Gasteiger partial charge in [0.15, 0.2) is 24.0 Å². The highest BCUT2D eigenvalue weighted by Gasteiger charge is 2.20. The number of benzene rings is 1. The van der Waals surface area contributed by atoms with Gasteiger partial charge in [-0.25, -0.2) is 9.97 Å². The highest BCUT2D eigenvalue weighted by molar-refractivity contribution is 5.94. The Morgan fingerprint density at radius 3 is 2.69 bits per heavy atom. The van der Waals surface area contributed by atoms with E-state index in [9.17, 15) is 4.79 Å². The second-order valence-corrected chi connectivity index (χ2v) is 8.28. The number of aromatic amines is 1. The summed E-state index contributed by atoms with van der Waals surface area (Å²) in [5.74, 6) is 6.51. The van der Waals surface area contributed by atoms with Crippen molar-refractivity contribution >= 4 is 22.6 Å². The fraction of sp³-hybridized carbons (Fsp3) is 0.192. The Bertz CT molecular complexity index is 1620. The summed E-state index contributed by atoms with van der Waals surface area (Å²) in [6.07, 6.45) is 5.21. The van der Waals surface area contributed by atoms with Gasteiger partial charge in [0.05, 0.1) is 31.0 Å². The quantitative estimate of drug-likeness (QED) is 0.319. The maximum absolute atomic E-state index is 12.8. The zero-order valence-electron chi connectivity index (χ0n) is 19.1. The Morgan fingerprint density at radius 1 is 1.03 bits per heavy atom. The molecular weight excluding hydrogens is 442 g/mol. The number of aromatic nitrogens is 6. The standard InChI is InChI=1S/C26H21N7O2/c1-31-23(19-2-4-20(5-3-19)26(34)32-12-14-35-15-13-32)8-9-24-28-16-21(33(24)31)7-6-18-10-11-27-25-22(18)17-29-30-25/h2-5,8-11,16-17H,12-15H2,1H3/p+1. The van der Waals surface area contributed by atoms with Crippen LogP contribution in [0.1, 0.15) is 21.6 Å². The van der Waals surface area contributed by atoms with Crippen LogP contribution in [-0.2, 0) is 11.8 Å². The third-order valence-electron chi connectivity index (χ3n) is 6.21. The highest BCUT2D eigenvalue weighted by atomic mass is 16.5. The second kappa shape index (κ2) is 8.66. The first-order valence-corrected chi connectivity index (χ1v) is 11.3. The number of carbonyl (C=O) groups is 1. The van der Waals surface area contributed by atoms with E-state index in [2.05, 4.69) is 32.0 Å². The summed E-state index contributed by atoms with van der Waals surface area (Å²) in [4.78, 5) is 23.4. The zero-order chi connectivity index (χ0) is 23.8. The molecular formula is C26H22N7O2+. The van der Waals surface area contributed by atoms with Gasteiger partial charge < -0.3 is 9.64 Å². The van der Waals surface area contributed by atoms with Crippen LogP contribution in [0.15, 0.2) is 61.1 Å². The number of hydrogen-bond donors (Lipinski definition) is 1. The smallest absolute Gasteiger partial charge is 0.254 e. The van der Waals surface area contributed by atoms with Crippen LogP contribution >= 0.6 is 0 Å². The number of pyridine rings is 1. The summed E-state index contributed by atoms with van der Waals surface area (Å²) >= 11 is 0. The van der Waals surface area contributed by atoms with Crippen molar-refractivity contribution in [2.75, 3.05) is 26.3 Å². The molecule has 0 spiro atoms. The fourth-order valence-corrected chi connectivity index (χ4v) is 4.35. The number of rotatable bonds is 2. The van der Waals surface area contributed by atoms with Crippen molar-refractivity contribution in [3.8, 4) is 23.1 Å². The largest absolute Gasteiger partial charge is 0.378 e. The molecule has 6 rings (SSSR count). The van der Waals surface area contributed by atoms with Crippen molar-refractivity contribution in [1.82, 2.24) is 29.6 Å². The van der Waals surface area contributed by atoms with Crippen LogP contribution in [0.2, 0.25) is 0 Å². The van der Waals surface area contributed by atoms with Gasteiger partial charge in [-0.2, -0.15) is 5.10 Å². The molecule has 5 heterocycles. The van der Waals surface area contributed by atoms with Gasteiger partial charge >= 0.3 is 0 Å². The van der Waals surface area contributed by atoms with Crippen molar-refractivity contribution in [2.24, 2.45) is 7.05 Å². The molecule has 172 valence electrons. The molecule has 0 atom stereocenters. The van der Waals surface area contributed by atoms with Crippen molar-refractivity contribution in [2.45, 2.75) is 0 Å². The predicted molar refractivity (Wildman–Crippen MR) is 128 cm³/mol. The van der Waals surface area contributed by atoms with E-state index in [0.29, 0.717) is 37.5 Å². The molecule has 1 amide bonds. The normalized spacial score (nSPS) is 13.7. The lowest BCUT2D eigenvalue weighted by molar-refractivity contribution is -0.730. The van der Waals surface area contributed by atoms with Crippen molar-refractivity contribution in [3.05, 3.63) is 77.9 Å². The Morgan fingerprint density at radius 2 is 1.86 bits per heavy atom. The predicted octanol–water partition coefficient (Wildman–Crippen LogP) is 1.97. The Balaban J connectivity index is 1.34. The molecule has 1 aliphatic rings. The zero-order valence-corrected chi connectivity index (χ0v) is 19.1. The molecule has 0 radical (unpaired) electrons. The minimum atomic E-state index is 0.0367. The molecule has 1 fully saturated rings. The number of fused-ring (bicyclic) bond motifs is 2. The van der Waals surface area contributed by atoms with Gasteiger partial charge in [-0.15, -0.1) is 4.68 Å². The fourth-order valence-electron chi connectivity index (χ4n) is 4.35. The van der Waals surface area contributed by atoms with E-state index in [1.807, 2.05) is 63.6 Å². The molecule has 0 aliphatic carbocycles. The van der Waals surface area contributed by atoms with Crippen LogP contribution in [0.4, 0.5) is 0 Å². The lowest BCUT2D eigenvalue weighted by Crippen LogP contribution is -2.41. The van der Waals surface area contributed by atoms with Gasteiger partial charge in [0, 0.05) is 42.0 Å². The van der Waals surface area contributed by atoms with Crippen LogP contribution in [0.5, 0.6) is 0 Å². The number of carbonyl (C=O) groups excluding carboxylic acids is 1. The van der Waals surface area contributed by atoms with Crippen LogP contribution in [0.25, 0.3) is 27.9 Å². The summed E-state index contributed by atoms with van der Waals surface area (Å²) in [7, 11) is 1.97. The Labute approximate surface area is 201 Å². The summed E-state index contributed by atoms with van der Waals surface area (Å²) in [5.41, 5.74) is 5.76. The van der Waals surface area contributed by atoms with E-state index in [0.717, 1.165) is 33.5 Å². The molecule has 0 saturated carbocycles. The van der Waals surface area contributed by atoms with Crippen molar-refractivity contribution < 1.29 is 14.2 Å².